The number of H-pyrrole nitrogens is 1. The van der Waals surface area contributed by atoms with Gasteiger partial charge in [-0.25, -0.2) is 4.98 Å². The summed E-state index contributed by atoms with van der Waals surface area (Å²) in [5, 5.41) is 12.9. The Hall–Kier alpha value is -3.93. The number of ether oxygens (including phenoxy) is 1. The molecule has 0 saturated carbocycles. The first-order chi connectivity index (χ1) is 17.5. The lowest BCUT2D eigenvalue weighted by Gasteiger charge is -2.26. The van der Waals surface area contributed by atoms with E-state index in [9.17, 15) is 14.7 Å². The van der Waals surface area contributed by atoms with Crippen LogP contribution in [0.2, 0.25) is 0 Å². The molecule has 0 spiro atoms. The number of nitrogens with one attached hydrogen (secondary N) is 2. The van der Waals surface area contributed by atoms with E-state index in [-0.39, 0.29) is 17.5 Å². The minimum absolute atomic E-state index is 0.151. The van der Waals surface area contributed by atoms with E-state index < -0.39 is 11.3 Å². The maximum absolute atomic E-state index is 11.7. The second-order valence-electron chi connectivity index (χ2n) is 8.82. The van der Waals surface area contributed by atoms with Crippen molar-refractivity contribution in [2.45, 2.75) is 25.8 Å². The first-order valence-electron chi connectivity index (χ1n) is 12.0. The molecule has 1 aliphatic rings. The molecule has 1 aromatic heterocycles. The Bertz CT molecular complexity index is 1280. The second kappa shape index (κ2) is 12.2. The van der Waals surface area contributed by atoms with Crippen molar-refractivity contribution in [1.29, 1.82) is 0 Å². The molecular formula is C28H30N4O4. The highest BCUT2D eigenvalue weighted by molar-refractivity contribution is 5.72. The summed E-state index contributed by atoms with van der Waals surface area (Å²) >= 11 is 0. The molecule has 0 radical (unpaired) electrons. The third kappa shape index (κ3) is 7.04. The van der Waals surface area contributed by atoms with Crippen LogP contribution in [0.4, 0.5) is 0 Å². The van der Waals surface area contributed by atoms with Gasteiger partial charge < -0.3 is 20.1 Å². The van der Waals surface area contributed by atoms with Crippen LogP contribution < -0.4 is 10.9 Å². The number of nitrogens with zero attached hydrogens (tertiary/aromatic N) is 2. The maximum atomic E-state index is 11.7. The zero-order chi connectivity index (χ0) is 25.3. The van der Waals surface area contributed by atoms with Gasteiger partial charge >= 0.3 is 0 Å². The minimum atomic E-state index is -0.585. The highest BCUT2D eigenvalue weighted by Gasteiger charge is 2.17. The lowest BCUT2D eigenvalue weighted by atomic mass is 9.93. The molecule has 3 aromatic rings. The van der Waals surface area contributed by atoms with Gasteiger partial charge in [0.1, 0.15) is 0 Å². The zero-order valence-electron chi connectivity index (χ0n) is 20.3. The predicted octanol–water partition coefficient (Wildman–Crippen LogP) is 2.17. The van der Waals surface area contributed by atoms with Crippen LogP contribution in [0.25, 0.3) is 0 Å². The van der Waals surface area contributed by atoms with E-state index in [1.807, 2.05) is 36.4 Å². The number of aromatic hydroxyl groups is 1. The SMILES string of the molecule is CC(=O)NC[C@H](Cc1nc[nH]c(=O)c1O)c1ccc(C#Cc2ccc(CN3CCOCC3)cc2)cc1. The fourth-order valence-electron chi connectivity index (χ4n) is 4.08. The van der Waals surface area contributed by atoms with Gasteiger partial charge in [0, 0.05) is 56.6 Å². The number of carbonyl (C=O) groups excluding carboxylic acids is 1. The lowest BCUT2D eigenvalue weighted by molar-refractivity contribution is -0.119. The van der Waals surface area contributed by atoms with Gasteiger partial charge in [-0.3, -0.25) is 14.5 Å². The predicted molar refractivity (Wildman–Crippen MR) is 137 cm³/mol. The van der Waals surface area contributed by atoms with Gasteiger partial charge in [-0.2, -0.15) is 0 Å². The Balaban J connectivity index is 1.43. The molecule has 3 N–H and O–H groups in total. The summed E-state index contributed by atoms with van der Waals surface area (Å²) in [5.74, 6) is 5.69. The Kier molecular flexibility index (Phi) is 8.50. The first kappa shape index (κ1) is 25.2. The van der Waals surface area contributed by atoms with Crippen LogP contribution in [-0.4, -0.2) is 58.7 Å². The monoisotopic (exact) mass is 486 g/mol. The minimum Gasteiger partial charge on any atom is -0.502 e. The number of rotatable bonds is 7. The van der Waals surface area contributed by atoms with Crippen molar-refractivity contribution >= 4 is 5.91 Å². The zero-order valence-corrected chi connectivity index (χ0v) is 20.3. The van der Waals surface area contributed by atoms with Gasteiger partial charge in [-0.05, 0) is 35.4 Å². The van der Waals surface area contributed by atoms with Gasteiger partial charge in [-0.15, -0.1) is 0 Å². The topological polar surface area (TPSA) is 108 Å². The Morgan fingerprint density at radius 2 is 1.75 bits per heavy atom. The smallest absolute Gasteiger partial charge is 0.293 e. The average Bonchev–Trinajstić information content (AvgIpc) is 2.89. The van der Waals surface area contributed by atoms with Crippen molar-refractivity contribution in [3.63, 3.8) is 0 Å². The van der Waals surface area contributed by atoms with Crippen molar-refractivity contribution in [2.24, 2.45) is 0 Å². The van der Waals surface area contributed by atoms with E-state index in [0.29, 0.717) is 13.0 Å². The number of hydrogen-bond acceptors (Lipinski definition) is 6. The van der Waals surface area contributed by atoms with Crippen LogP contribution in [0.15, 0.2) is 59.7 Å². The van der Waals surface area contributed by atoms with Crippen molar-refractivity contribution < 1.29 is 14.6 Å². The van der Waals surface area contributed by atoms with Gasteiger partial charge in [0.05, 0.1) is 25.2 Å². The van der Waals surface area contributed by atoms with E-state index >= 15 is 0 Å². The number of carbonyl (C=O) groups is 1. The van der Waals surface area contributed by atoms with Crippen LogP contribution in [0.5, 0.6) is 5.75 Å². The van der Waals surface area contributed by atoms with Gasteiger partial charge in [0.15, 0.2) is 0 Å². The fraction of sp³-hybridized carbons (Fsp3) is 0.321. The lowest BCUT2D eigenvalue weighted by Crippen LogP contribution is -2.35. The molecule has 1 amide bonds. The van der Waals surface area contributed by atoms with Crippen molar-refractivity contribution in [1.82, 2.24) is 20.2 Å². The molecule has 1 saturated heterocycles. The Morgan fingerprint density at radius 3 is 2.39 bits per heavy atom. The normalized spacial score (nSPS) is 14.5. The molecule has 1 atom stereocenters. The summed E-state index contributed by atoms with van der Waals surface area (Å²) < 4.78 is 5.41. The van der Waals surface area contributed by atoms with Crippen LogP contribution in [0, 0.1) is 11.8 Å². The standard InChI is InChI=1S/C28H30N4O4/c1-20(33)29-17-25(16-26-27(34)28(35)31-19-30-26)24-10-8-22(9-11-24)3-2-21-4-6-23(7-5-21)18-32-12-14-36-15-13-32/h4-11,19,25,34H,12-18H2,1H3,(H,29,33)(H,30,31,35)/t25-/m0/s1. The van der Waals surface area contributed by atoms with Gasteiger partial charge in [0.25, 0.3) is 5.56 Å². The van der Waals surface area contributed by atoms with E-state index in [4.69, 9.17) is 4.74 Å². The summed E-state index contributed by atoms with van der Waals surface area (Å²) in [7, 11) is 0. The fourth-order valence-corrected chi connectivity index (χ4v) is 4.08. The van der Waals surface area contributed by atoms with Crippen LogP contribution in [0.3, 0.4) is 0 Å². The quantitative estimate of drug-likeness (QED) is 0.442. The van der Waals surface area contributed by atoms with Gasteiger partial charge in [0.2, 0.25) is 11.7 Å². The number of aromatic amines is 1. The molecule has 2 aromatic carbocycles. The average molecular weight is 487 g/mol. The molecule has 186 valence electrons. The Morgan fingerprint density at radius 1 is 1.11 bits per heavy atom. The van der Waals surface area contributed by atoms with E-state index in [2.05, 4.69) is 44.2 Å². The molecule has 0 unspecified atom stereocenters. The largest absolute Gasteiger partial charge is 0.502 e. The maximum Gasteiger partial charge on any atom is 0.293 e. The van der Waals surface area contributed by atoms with Crippen molar-refractivity contribution in [2.75, 3.05) is 32.8 Å². The number of benzene rings is 2. The molecule has 1 fully saturated rings. The van der Waals surface area contributed by atoms with Crippen LogP contribution in [-0.2, 0) is 22.5 Å². The summed E-state index contributed by atoms with van der Waals surface area (Å²) in [6.45, 7) is 6.24. The number of hydrogen-bond donors (Lipinski definition) is 3. The molecule has 4 rings (SSSR count). The van der Waals surface area contributed by atoms with E-state index in [0.717, 1.165) is 49.5 Å². The molecule has 0 bridgehead atoms. The molecule has 8 heteroatoms. The Labute approximate surface area is 210 Å². The molecule has 2 heterocycles. The second-order valence-corrected chi connectivity index (χ2v) is 8.82. The molecule has 36 heavy (non-hydrogen) atoms. The summed E-state index contributed by atoms with van der Waals surface area (Å²) in [4.78, 5) is 32.1. The van der Waals surface area contributed by atoms with Gasteiger partial charge in [-0.1, -0.05) is 36.1 Å². The molecular weight excluding hydrogens is 456 g/mol. The van der Waals surface area contributed by atoms with Crippen molar-refractivity contribution in [3.8, 4) is 17.6 Å². The number of morpholine rings is 1. The summed E-state index contributed by atoms with van der Waals surface area (Å²) in [6.07, 6.45) is 1.57. The molecule has 1 aliphatic heterocycles. The third-order valence-electron chi connectivity index (χ3n) is 6.14. The van der Waals surface area contributed by atoms with Crippen LogP contribution >= 0.6 is 0 Å². The first-order valence-corrected chi connectivity index (χ1v) is 12.0. The molecule has 0 aliphatic carbocycles. The highest BCUT2D eigenvalue weighted by Crippen LogP contribution is 2.23. The molecule has 8 nitrogen and oxygen atoms in total. The van der Waals surface area contributed by atoms with E-state index in [1.165, 1.54) is 18.8 Å². The van der Waals surface area contributed by atoms with Crippen molar-refractivity contribution in [3.05, 3.63) is 93.2 Å². The van der Waals surface area contributed by atoms with Crippen LogP contribution in [0.1, 0.15) is 40.8 Å². The number of amides is 1. The summed E-state index contributed by atoms with van der Waals surface area (Å²) in [5.41, 5.74) is 3.73. The third-order valence-corrected chi connectivity index (χ3v) is 6.14. The summed E-state index contributed by atoms with van der Waals surface area (Å²) in [6, 6.07) is 16.1. The van der Waals surface area contributed by atoms with E-state index in [1.54, 1.807) is 0 Å². The highest BCUT2D eigenvalue weighted by atomic mass is 16.5. The number of aromatic nitrogens is 2.